The number of rotatable bonds is 9. The Bertz CT molecular complexity index is 947. The molecule has 0 saturated carbocycles. The van der Waals surface area contributed by atoms with E-state index in [0.29, 0.717) is 31.9 Å². The number of nitrogens with one attached hydrogen (secondary N) is 1. The average molecular weight is 420 g/mol. The molecule has 1 N–H and O–H groups in total. The zero-order valence-electron chi connectivity index (χ0n) is 16.2. The minimum atomic E-state index is -4.53. The van der Waals surface area contributed by atoms with Crippen LogP contribution in [-0.4, -0.2) is 40.9 Å². The van der Waals surface area contributed by atoms with E-state index in [1.807, 2.05) is 36.4 Å². The Balaban J connectivity index is 0.00000300. The van der Waals surface area contributed by atoms with Gasteiger partial charge in [0, 0.05) is 38.6 Å². The summed E-state index contributed by atoms with van der Waals surface area (Å²) in [6, 6.07) is 17.7. The molecular weight excluding hydrogens is 399 g/mol. The normalized spacial score (nSPS) is 11.1. The van der Waals surface area contributed by atoms with Gasteiger partial charge in [0.15, 0.2) is 0 Å². The van der Waals surface area contributed by atoms with Gasteiger partial charge in [-0.3, -0.25) is 14.9 Å². The average Bonchev–Trinajstić information content (AvgIpc) is 2.69. The van der Waals surface area contributed by atoms with E-state index in [1.54, 1.807) is 24.5 Å². The quantitative estimate of drug-likeness (QED) is 0.368. The standard InChI is InChI=1S/C20H22N4O3S.Na/c25-28(26,27)20-10-2-1-9-19(20)23-13-14-24(15-17-7-3-5-11-21-17)16-18-8-4-6-12-22-18;/h1-12,23H,13-16H2,(H,25,26,27);/q;+1/p-1. The van der Waals surface area contributed by atoms with Crippen LogP contribution in [0.25, 0.3) is 0 Å². The third kappa shape index (κ3) is 7.50. The minimum Gasteiger partial charge on any atom is -0.744 e. The third-order valence-electron chi connectivity index (χ3n) is 4.12. The summed E-state index contributed by atoms with van der Waals surface area (Å²) in [5.74, 6) is 0. The summed E-state index contributed by atoms with van der Waals surface area (Å²) < 4.78 is 34.2. The molecule has 0 saturated heterocycles. The van der Waals surface area contributed by atoms with Gasteiger partial charge < -0.3 is 9.87 Å². The minimum absolute atomic E-state index is 0. The van der Waals surface area contributed by atoms with Crippen molar-refractivity contribution in [2.24, 2.45) is 0 Å². The van der Waals surface area contributed by atoms with Crippen molar-refractivity contribution in [2.45, 2.75) is 18.0 Å². The van der Waals surface area contributed by atoms with Crippen molar-refractivity contribution < 1.29 is 42.5 Å². The maximum atomic E-state index is 11.4. The van der Waals surface area contributed by atoms with E-state index in [9.17, 15) is 13.0 Å². The summed E-state index contributed by atoms with van der Waals surface area (Å²) in [6.07, 6.45) is 3.50. The second-order valence-electron chi connectivity index (χ2n) is 6.23. The fraction of sp³-hybridized carbons (Fsp3) is 0.200. The molecule has 3 aromatic rings. The maximum absolute atomic E-state index is 11.4. The Morgan fingerprint density at radius 2 is 1.41 bits per heavy atom. The predicted molar refractivity (Wildman–Crippen MR) is 105 cm³/mol. The molecule has 0 radical (unpaired) electrons. The number of pyridine rings is 2. The van der Waals surface area contributed by atoms with Gasteiger partial charge in [-0.1, -0.05) is 24.3 Å². The van der Waals surface area contributed by atoms with E-state index in [-0.39, 0.29) is 34.5 Å². The van der Waals surface area contributed by atoms with Crippen molar-refractivity contribution in [3.63, 3.8) is 0 Å². The zero-order chi connectivity index (χ0) is 19.8. The van der Waals surface area contributed by atoms with Crippen LogP contribution in [0.2, 0.25) is 0 Å². The van der Waals surface area contributed by atoms with Gasteiger partial charge in [0.05, 0.1) is 22.0 Å². The number of nitrogens with zero attached hydrogens (tertiary/aromatic N) is 3. The number of para-hydroxylation sites is 1. The molecule has 0 aliphatic rings. The number of benzene rings is 1. The monoisotopic (exact) mass is 420 g/mol. The summed E-state index contributed by atoms with van der Waals surface area (Å²) in [5, 5.41) is 3.06. The second-order valence-corrected chi connectivity index (χ2v) is 7.58. The van der Waals surface area contributed by atoms with Crippen LogP contribution < -0.4 is 34.9 Å². The van der Waals surface area contributed by atoms with E-state index in [1.165, 1.54) is 12.1 Å². The molecule has 0 aliphatic carbocycles. The molecule has 0 atom stereocenters. The maximum Gasteiger partial charge on any atom is 1.00 e. The predicted octanol–water partition coefficient (Wildman–Crippen LogP) is -0.501. The van der Waals surface area contributed by atoms with Gasteiger partial charge in [0.1, 0.15) is 10.1 Å². The molecule has 0 amide bonds. The summed E-state index contributed by atoms with van der Waals surface area (Å²) in [4.78, 5) is 10.7. The molecule has 0 unspecified atom stereocenters. The largest absolute Gasteiger partial charge is 1.00 e. The van der Waals surface area contributed by atoms with Crippen LogP contribution in [0.15, 0.2) is 78.0 Å². The molecule has 2 aromatic heterocycles. The van der Waals surface area contributed by atoms with Crippen molar-refractivity contribution in [2.75, 3.05) is 18.4 Å². The molecule has 0 spiro atoms. The van der Waals surface area contributed by atoms with Gasteiger partial charge in [-0.05, 0) is 36.4 Å². The number of aromatic nitrogens is 2. The van der Waals surface area contributed by atoms with Gasteiger partial charge in [-0.15, -0.1) is 0 Å². The van der Waals surface area contributed by atoms with Gasteiger partial charge >= 0.3 is 29.6 Å². The number of hydrogen-bond donors (Lipinski definition) is 1. The van der Waals surface area contributed by atoms with E-state index >= 15 is 0 Å². The Hall–Kier alpha value is -1.81. The molecule has 1 aromatic carbocycles. The molecule has 7 nitrogen and oxygen atoms in total. The summed E-state index contributed by atoms with van der Waals surface area (Å²) in [5.41, 5.74) is 2.18. The van der Waals surface area contributed by atoms with Crippen LogP contribution >= 0.6 is 0 Å². The Kier molecular flexibility index (Phi) is 9.22. The van der Waals surface area contributed by atoms with Crippen LogP contribution in [0.1, 0.15) is 11.4 Å². The van der Waals surface area contributed by atoms with Crippen LogP contribution in [0.3, 0.4) is 0 Å². The molecule has 2 heterocycles. The summed E-state index contributed by atoms with van der Waals surface area (Å²) in [6.45, 7) is 2.33. The van der Waals surface area contributed by atoms with Gasteiger partial charge in [-0.2, -0.15) is 0 Å². The first-order valence-electron chi connectivity index (χ1n) is 8.83. The first-order valence-corrected chi connectivity index (χ1v) is 10.2. The second kappa shape index (κ2) is 11.4. The third-order valence-corrected chi connectivity index (χ3v) is 5.02. The molecule has 0 fully saturated rings. The molecule has 3 rings (SSSR count). The van der Waals surface area contributed by atoms with Crippen LogP contribution in [-0.2, 0) is 23.2 Å². The smallest absolute Gasteiger partial charge is 0.744 e. The topological polar surface area (TPSA) is 98.2 Å². The zero-order valence-corrected chi connectivity index (χ0v) is 19.0. The molecule has 9 heteroatoms. The number of hydrogen-bond acceptors (Lipinski definition) is 7. The number of anilines is 1. The first-order chi connectivity index (χ1) is 13.5. The van der Waals surface area contributed by atoms with Gasteiger partial charge in [0.2, 0.25) is 0 Å². The van der Waals surface area contributed by atoms with E-state index in [0.717, 1.165) is 11.4 Å². The van der Waals surface area contributed by atoms with Gasteiger partial charge in [-0.25, -0.2) is 8.42 Å². The Morgan fingerprint density at radius 3 is 1.93 bits per heavy atom. The Morgan fingerprint density at radius 1 is 0.862 bits per heavy atom. The molecular formula is C20H21N4NaO3S. The van der Waals surface area contributed by atoms with Crippen molar-refractivity contribution in [1.29, 1.82) is 0 Å². The summed E-state index contributed by atoms with van der Waals surface area (Å²) in [7, 11) is -4.53. The van der Waals surface area contributed by atoms with Crippen LogP contribution in [0.5, 0.6) is 0 Å². The molecule has 0 aliphatic heterocycles. The molecule has 29 heavy (non-hydrogen) atoms. The van der Waals surface area contributed by atoms with Crippen molar-refractivity contribution in [1.82, 2.24) is 14.9 Å². The molecule has 146 valence electrons. The van der Waals surface area contributed by atoms with Gasteiger partial charge in [0.25, 0.3) is 0 Å². The summed E-state index contributed by atoms with van der Waals surface area (Å²) >= 11 is 0. The van der Waals surface area contributed by atoms with E-state index in [4.69, 9.17) is 0 Å². The van der Waals surface area contributed by atoms with Crippen LogP contribution in [0, 0.1) is 0 Å². The van der Waals surface area contributed by atoms with Crippen molar-refractivity contribution in [3.05, 3.63) is 84.4 Å². The SMILES string of the molecule is O=S(=O)([O-])c1ccccc1NCCN(Cc1ccccn1)Cc1ccccn1.[Na+]. The van der Waals surface area contributed by atoms with E-state index < -0.39 is 10.1 Å². The van der Waals surface area contributed by atoms with Crippen LogP contribution in [0.4, 0.5) is 5.69 Å². The fourth-order valence-electron chi connectivity index (χ4n) is 2.83. The van der Waals surface area contributed by atoms with Crippen molar-refractivity contribution >= 4 is 15.8 Å². The first kappa shape index (κ1) is 23.5. The van der Waals surface area contributed by atoms with Crippen molar-refractivity contribution in [3.8, 4) is 0 Å². The molecule has 0 bridgehead atoms. The Labute approximate surface area is 193 Å². The van der Waals surface area contributed by atoms with E-state index in [2.05, 4.69) is 20.2 Å². The fourth-order valence-corrected chi connectivity index (χ4v) is 3.49.